The summed E-state index contributed by atoms with van der Waals surface area (Å²) in [6.45, 7) is 3.63. The summed E-state index contributed by atoms with van der Waals surface area (Å²) in [6.07, 6.45) is 1.33. The third-order valence-corrected chi connectivity index (χ3v) is 6.83. The number of carbonyl (C=O) groups excluding carboxylic acids is 1. The molecule has 4 aromatic rings. The van der Waals surface area contributed by atoms with Gasteiger partial charge in [-0.15, -0.1) is 0 Å². The van der Waals surface area contributed by atoms with E-state index in [1.165, 1.54) is 18.3 Å². The number of aromatic amines is 1. The number of nitrogens with one attached hydrogen (secondary N) is 2. The van der Waals surface area contributed by atoms with E-state index in [1.807, 2.05) is 13.0 Å². The number of pyridine rings is 1. The molecule has 0 saturated carbocycles. The fourth-order valence-electron chi connectivity index (χ4n) is 3.60. The zero-order valence-corrected chi connectivity index (χ0v) is 17.9. The Morgan fingerprint density at radius 1 is 1.03 bits per heavy atom. The maximum atomic E-state index is 13.2. The molecule has 0 aliphatic carbocycles. The lowest BCUT2D eigenvalue weighted by Crippen LogP contribution is -2.27. The minimum Gasteiger partial charge on any atom is -0.348 e. The lowest BCUT2D eigenvalue weighted by molar-refractivity contribution is 0.0952. The Morgan fingerprint density at radius 3 is 2.42 bits per heavy atom. The number of H-pyrrole nitrogens is 1. The molecule has 0 atom stereocenters. The molecule has 0 aliphatic rings. The predicted octanol–water partition coefficient (Wildman–Crippen LogP) is 3.11. The fraction of sp³-hybridized carbons (Fsp3) is 0.130. The van der Waals surface area contributed by atoms with E-state index >= 15 is 0 Å². The van der Waals surface area contributed by atoms with Crippen molar-refractivity contribution >= 4 is 26.8 Å². The third-order valence-electron chi connectivity index (χ3n) is 5.14. The van der Waals surface area contributed by atoms with Crippen LogP contribution >= 0.6 is 0 Å². The monoisotopic (exact) mass is 435 g/mol. The highest BCUT2D eigenvalue weighted by Crippen LogP contribution is 2.26. The second kappa shape index (κ2) is 7.88. The van der Waals surface area contributed by atoms with Gasteiger partial charge in [-0.1, -0.05) is 36.4 Å². The Hall–Kier alpha value is -3.65. The van der Waals surface area contributed by atoms with E-state index in [1.54, 1.807) is 49.4 Å². The Balaban J connectivity index is 1.73. The van der Waals surface area contributed by atoms with Crippen molar-refractivity contribution in [3.8, 4) is 0 Å². The number of rotatable bonds is 5. The summed E-state index contributed by atoms with van der Waals surface area (Å²) in [6, 6.07) is 16.7. The Kier molecular flexibility index (Phi) is 5.24. The van der Waals surface area contributed by atoms with Crippen molar-refractivity contribution in [2.75, 3.05) is 0 Å². The highest BCUT2D eigenvalue weighted by molar-refractivity contribution is 7.90. The first kappa shape index (κ1) is 20.6. The number of hydrogen-bond acceptors (Lipinski definition) is 4. The summed E-state index contributed by atoms with van der Waals surface area (Å²) in [5.41, 5.74) is 2.34. The molecule has 31 heavy (non-hydrogen) atoms. The molecule has 0 radical (unpaired) electrons. The van der Waals surface area contributed by atoms with E-state index in [4.69, 9.17) is 0 Å². The molecule has 0 saturated heterocycles. The number of aromatic nitrogens is 2. The van der Waals surface area contributed by atoms with Crippen LogP contribution in [0, 0.1) is 13.8 Å². The van der Waals surface area contributed by atoms with Crippen molar-refractivity contribution in [2.24, 2.45) is 0 Å². The molecule has 2 N–H and O–H groups in total. The highest BCUT2D eigenvalue weighted by Gasteiger charge is 2.23. The van der Waals surface area contributed by atoms with Gasteiger partial charge in [-0.3, -0.25) is 9.59 Å². The van der Waals surface area contributed by atoms with E-state index in [2.05, 4.69) is 10.3 Å². The van der Waals surface area contributed by atoms with Gasteiger partial charge in [0.25, 0.3) is 21.5 Å². The molecule has 2 aromatic heterocycles. The van der Waals surface area contributed by atoms with Gasteiger partial charge in [-0.2, -0.15) is 0 Å². The smallest absolute Gasteiger partial charge is 0.268 e. The summed E-state index contributed by atoms with van der Waals surface area (Å²) >= 11 is 0. The van der Waals surface area contributed by atoms with E-state index in [0.717, 1.165) is 15.2 Å². The van der Waals surface area contributed by atoms with Gasteiger partial charge in [0.15, 0.2) is 0 Å². The molecule has 0 unspecified atom stereocenters. The number of benzene rings is 2. The minimum atomic E-state index is -3.88. The standard InChI is InChI=1S/C23H21N3O4S/c1-15-12-16(2)25-23(28)19(15)13-24-22(27)20-14-26(21-11-7-6-10-18(20)21)31(29,30)17-8-4-3-5-9-17/h3-12,14H,13H2,1-2H3,(H,24,27)(H,25,28). The van der Waals surface area contributed by atoms with Crippen molar-refractivity contribution in [3.63, 3.8) is 0 Å². The Labute approximate surface area is 179 Å². The largest absolute Gasteiger partial charge is 0.348 e. The van der Waals surface area contributed by atoms with Crippen LogP contribution in [0.3, 0.4) is 0 Å². The second-order valence-electron chi connectivity index (χ2n) is 7.30. The van der Waals surface area contributed by atoms with Gasteiger partial charge >= 0.3 is 0 Å². The molecule has 4 rings (SSSR count). The molecule has 2 heterocycles. The lowest BCUT2D eigenvalue weighted by Gasteiger charge is -2.08. The van der Waals surface area contributed by atoms with Crippen LogP contribution in [0.5, 0.6) is 0 Å². The molecule has 2 aromatic carbocycles. The molecular formula is C23H21N3O4S. The number of carbonyl (C=O) groups is 1. The number of fused-ring (bicyclic) bond motifs is 1. The normalized spacial score (nSPS) is 11.5. The second-order valence-corrected chi connectivity index (χ2v) is 9.11. The average molecular weight is 436 g/mol. The van der Waals surface area contributed by atoms with E-state index in [9.17, 15) is 18.0 Å². The van der Waals surface area contributed by atoms with Gasteiger partial charge in [0.05, 0.1) is 16.0 Å². The molecule has 8 heteroatoms. The van der Waals surface area contributed by atoms with E-state index in [-0.39, 0.29) is 22.6 Å². The van der Waals surface area contributed by atoms with E-state index in [0.29, 0.717) is 16.5 Å². The van der Waals surface area contributed by atoms with Crippen LogP contribution in [0.25, 0.3) is 10.9 Å². The molecular weight excluding hydrogens is 414 g/mol. The summed E-state index contributed by atoms with van der Waals surface area (Å²) in [7, 11) is -3.88. The van der Waals surface area contributed by atoms with Gasteiger partial charge < -0.3 is 10.3 Å². The number of nitrogens with zero attached hydrogens (tertiary/aromatic N) is 1. The molecule has 7 nitrogen and oxygen atoms in total. The maximum absolute atomic E-state index is 13.2. The predicted molar refractivity (Wildman–Crippen MR) is 119 cm³/mol. The molecule has 0 spiro atoms. The Morgan fingerprint density at radius 2 is 1.71 bits per heavy atom. The van der Waals surface area contributed by atoms with Crippen LogP contribution < -0.4 is 10.9 Å². The van der Waals surface area contributed by atoms with Crippen LogP contribution in [-0.4, -0.2) is 23.3 Å². The maximum Gasteiger partial charge on any atom is 0.268 e. The summed E-state index contributed by atoms with van der Waals surface area (Å²) < 4.78 is 27.5. The van der Waals surface area contributed by atoms with Crippen molar-refractivity contribution in [3.05, 3.63) is 99.6 Å². The van der Waals surface area contributed by atoms with Crippen LogP contribution in [-0.2, 0) is 16.6 Å². The Bertz CT molecular complexity index is 1450. The number of para-hydroxylation sites is 1. The molecule has 0 aliphatic heterocycles. The van der Waals surface area contributed by atoms with Crippen molar-refractivity contribution in [1.82, 2.24) is 14.3 Å². The molecule has 1 amide bonds. The molecule has 0 fully saturated rings. The van der Waals surface area contributed by atoms with Crippen LogP contribution in [0.2, 0.25) is 0 Å². The summed E-state index contributed by atoms with van der Waals surface area (Å²) in [5.74, 6) is -0.461. The van der Waals surface area contributed by atoms with Crippen LogP contribution in [0.4, 0.5) is 0 Å². The quantitative estimate of drug-likeness (QED) is 0.503. The van der Waals surface area contributed by atoms with Crippen molar-refractivity contribution in [2.45, 2.75) is 25.3 Å². The highest BCUT2D eigenvalue weighted by atomic mass is 32.2. The van der Waals surface area contributed by atoms with Gasteiger partial charge in [-0.25, -0.2) is 12.4 Å². The first-order valence-corrected chi connectivity index (χ1v) is 11.1. The zero-order chi connectivity index (χ0) is 22.2. The van der Waals surface area contributed by atoms with Crippen molar-refractivity contribution in [1.29, 1.82) is 0 Å². The third kappa shape index (κ3) is 3.77. The zero-order valence-electron chi connectivity index (χ0n) is 17.0. The van der Waals surface area contributed by atoms with E-state index < -0.39 is 15.9 Å². The SMILES string of the molecule is Cc1cc(C)c(CNC(=O)c2cn(S(=O)(=O)c3ccccc3)c3ccccc23)c(=O)[nH]1. The summed E-state index contributed by atoms with van der Waals surface area (Å²) in [4.78, 5) is 28.0. The fourth-order valence-corrected chi connectivity index (χ4v) is 4.99. The first-order chi connectivity index (χ1) is 14.8. The van der Waals surface area contributed by atoms with Crippen molar-refractivity contribution < 1.29 is 13.2 Å². The van der Waals surface area contributed by atoms with Crippen LogP contribution in [0.15, 0.2) is 76.6 Å². The average Bonchev–Trinajstić information content (AvgIpc) is 3.14. The van der Waals surface area contributed by atoms with Gasteiger partial charge in [0, 0.05) is 29.4 Å². The van der Waals surface area contributed by atoms with Crippen LogP contribution in [0.1, 0.15) is 27.2 Å². The number of hydrogen-bond donors (Lipinski definition) is 2. The molecule has 0 bridgehead atoms. The van der Waals surface area contributed by atoms with Gasteiger partial charge in [0.2, 0.25) is 0 Å². The molecule has 158 valence electrons. The lowest BCUT2D eigenvalue weighted by atomic mass is 10.1. The minimum absolute atomic E-state index is 0.0330. The topological polar surface area (TPSA) is 101 Å². The van der Waals surface area contributed by atoms with Gasteiger partial charge in [-0.05, 0) is 43.7 Å². The number of aryl methyl sites for hydroxylation is 2. The first-order valence-electron chi connectivity index (χ1n) is 9.67. The van der Waals surface area contributed by atoms with Gasteiger partial charge in [0.1, 0.15) is 0 Å². The summed E-state index contributed by atoms with van der Waals surface area (Å²) in [5, 5.41) is 3.25. The number of amides is 1.